The predicted octanol–water partition coefficient (Wildman–Crippen LogP) is 2.35. The van der Waals surface area contributed by atoms with Gasteiger partial charge in [0.1, 0.15) is 17.9 Å². The Morgan fingerprint density at radius 2 is 2.35 bits per heavy atom. The second-order valence-corrected chi connectivity index (χ2v) is 5.97. The first kappa shape index (κ1) is 15.8. The first-order valence-corrected chi connectivity index (χ1v) is 8.09. The molecule has 6 nitrogen and oxygen atoms in total. The van der Waals surface area contributed by atoms with Crippen LogP contribution in [-0.2, 0) is 11.2 Å². The highest BCUT2D eigenvalue weighted by molar-refractivity contribution is 6.30. The fraction of sp³-hybridized carbons (Fsp3) is 0.438. The minimum atomic E-state index is -0.0152. The number of likely N-dealkylation sites (tertiary alicyclic amines) is 1. The van der Waals surface area contributed by atoms with Crippen molar-refractivity contribution in [1.29, 1.82) is 0 Å². The molecule has 3 rings (SSSR count). The van der Waals surface area contributed by atoms with E-state index in [4.69, 9.17) is 16.3 Å². The molecule has 23 heavy (non-hydrogen) atoms. The van der Waals surface area contributed by atoms with E-state index in [9.17, 15) is 4.79 Å². The third-order valence-electron chi connectivity index (χ3n) is 4.03. The van der Waals surface area contributed by atoms with Gasteiger partial charge in [-0.2, -0.15) is 0 Å². The van der Waals surface area contributed by atoms with Gasteiger partial charge in [-0.25, -0.2) is 0 Å². The van der Waals surface area contributed by atoms with Gasteiger partial charge in [-0.05, 0) is 24.6 Å². The third-order valence-corrected chi connectivity index (χ3v) is 4.27. The van der Waals surface area contributed by atoms with Gasteiger partial charge in [-0.15, -0.1) is 10.2 Å². The zero-order chi connectivity index (χ0) is 16.2. The highest BCUT2D eigenvalue weighted by atomic mass is 35.5. The number of aryl methyl sites for hydroxylation is 1. The molecule has 1 fully saturated rings. The molecule has 0 saturated carbocycles. The highest BCUT2D eigenvalue weighted by Crippen LogP contribution is 2.23. The fourth-order valence-corrected chi connectivity index (χ4v) is 2.99. The topological polar surface area (TPSA) is 60.2 Å². The molecule has 1 unspecified atom stereocenters. The van der Waals surface area contributed by atoms with Crippen LogP contribution in [0, 0.1) is 0 Å². The summed E-state index contributed by atoms with van der Waals surface area (Å²) in [5.74, 6) is 1.55. The lowest BCUT2D eigenvalue weighted by Gasteiger charge is -2.18. The summed E-state index contributed by atoms with van der Waals surface area (Å²) in [7, 11) is 0. The molecule has 0 N–H and O–H groups in total. The standard InChI is InChI=1S/C16H19ClN4O2/c1-2-15-19-18-11-21(15)13-6-7-20(9-13)16(22)10-23-14-5-3-4-12(17)8-14/h3-5,8,11,13H,2,6-7,9-10H2,1H3. The van der Waals surface area contributed by atoms with Crippen molar-refractivity contribution in [2.45, 2.75) is 25.8 Å². The largest absolute Gasteiger partial charge is 0.484 e. The maximum Gasteiger partial charge on any atom is 0.260 e. The molecule has 122 valence electrons. The van der Waals surface area contributed by atoms with Gasteiger partial charge in [-0.1, -0.05) is 24.6 Å². The van der Waals surface area contributed by atoms with E-state index >= 15 is 0 Å². The van der Waals surface area contributed by atoms with Crippen LogP contribution in [0.4, 0.5) is 0 Å². The number of hydrogen-bond acceptors (Lipinski definition) is 4. The van der Waals surface area contributed by atoms with Gasteiger partial charge >= 0.3 is 0 Å². The zero-order valence-corrected chi connectivity index (χ0v) is 13.7. The summed E-state index contributed by atoms with van der Waals surface area (Å²) in [6, 6.07) is 7.30. The molecular weight excluding hydrogens is 316 g/mol. The van der Waals surface area contributed by atoms with E-state index in [0.717, 1.165) is 25.2 Å². The molecule has 0 spiro atoms. The van der Waals surface area contributed by atoms with Crippen LogP contribution < -0.4 is 4.74 Å². The number of halogens is 1. The molecule has 1 saturated heterocycles. The van der Waals surface area contributed by atoms with Crippen LogP contribution in [0.5, 0.6) is 5.75 Å². The summed E-state index contributed by atoms with van der Waals surface area (Å²) < 4.78 is 7.60. The monoisotopic (exact) mass is 334 g/mol. The van der Waals surface area contributed by atoms with Crippen molar-refractivity contribution < 1.29 is 9.53 Å². The van der Waals surface area contributed by atoms with Crippen LogP contribution in [0.1, 0.15) is 25.2 Å². The lowest BCUT2D eigenvalue weighted by atomic mass is 10.2. The second kappa shape index (κ2) is 7.00. The van der Waals surface area contributed by atoms with Gasteiger partial charge in [0.2, 0.25) is 0 Å². The Morgan fingerprint density at radius 1 is 1.48 bits per heavy atom. The Morgan fingerprint density at radius 3 is 3.13 bits per heavy atom. The van der Waals surface area contributed by atoms with E-state index in [0.29, 0.717) is 17.3 Å². The molecule has 1 aliphatic rings. The van der Waals surface area contributed by atoms with E-state index in [1.54, 1.807) is 30.6 Å². The number of aromatic nitrogens is 3. The fourth-order valence-electron chi connectivity index (χ4n) is 2.81. The average Bonchev–Trinajstić information content (AvgIpc) is 3.20. The number of carbonyl (C=O) groups is 1. The molecule has 2 aromatic rings. The van der Waals surface area contributed by atoms with Gasteiger partial charge in [0.25, 0.3) is 5.91 Å². The molecule has 2 heterocycles. The minimum Gasteiger partial charge on any atom is -0.484 e. The van der Waals surface area contributed by atoms with Crippen molar-refractivity contribution in [2.24, 2.45) is 0 Å². The van der Waals surface area contributed by atoms with Gasteiger partial charge in [0.05, 0.1) is 6.04 Å². The molecule has 1 amide bonds. The van der Waals surface area contributed by atoms with Crippen molar-refractivity contribution in [3.63, 3.8) is 0 Å². The SMILES string of the molecule is CCc1nncn1C1CCN(C(=O)COc2cccc(Cl)c2)C1. The van der Waals surface area contributed by atoms with Crippen LogP contribution in [0.2, 0.25) is 5.02 Å². The maximum absolute atomic E-state index is 12.3. The first-order valence-electron chi connectivity index (χ1n) is 7.72. The van der Waals surface area contributed by atoms with Gasteiger partial charge in [0.15, 0.2) is 6.61 Å². The van der Waals surface area contributed by atoms with Gasteiger partial charge < -0.3 is 14.2 Å². The van der Waals surface area contributed by atoms with E-state index in [2.05, 4.69) is 21.7 Å². The van der Waals surface area contributed by atoms with Crippen molar-refractivity contribution in [3.05, 3.63) is 41.4 Å². The van der Waals surface area contributed by atoms with E-state index < -0.39 is 0 Å². The lowest BCUT2D eigenvalue weighted by Crippen LogP contribution is -2.33. The second-order valence-electron chi connectivity index (χ2n) is 5.54. The van der Waals surface area contributed by atoms with Gasteiger partial charge in [0, 0.05) is 24.5 Å². The lowest BCUT2D eigenvalue weighted by molar-refractivity contribution is -0.132. The summed E-state index contributed by atoms with van der Waals surface area (Å²) in [5, 5.41) is 8.66. The number of nitrogens with zero attached hydrogens (tertiary/aromatic N) is 4. The number of amides is 1. The van der Waals surface area contributed by atoms with Crippen LogP contribution in [0.15, 0.2) is 30.6 Å². The van der Waals surface area contributed by atoms with Crippen LogP contribution in [0.3, 0.4) is 0 Å². The van der Waals surface area contributed by atoms with E-state index in [1.165, 1.54) is 0 Å². The van der Waals surface area contributed by atoms with Crippen molar-refractivity contribution in [2.75, 3.05) is 19.7 Å². The number of carbonyl (C=O) groups excluding carboxylic acids is 1. The Labute approximate surface area is 140 Å². The summed E-state index contributed by atoms with van der Waals surface area (Å²) >= 11 is 5.90. The molecule has 7 heteroatoms. The highest BCUT2D eigenvalue weighted by Gasteiger charge is 2.28. The quantitative estimate of drug-likeness (QED) is 0.842. The Bertz CT molecular complexity index is 688. The number of hydrogen-bond donors (Lipinski definition) is 0. The summed E-state index contributed by atoms with van der Waals surface area (Å²) in [4.78, 5) is 14.1. The van der Waals surface area contributed by atoms with Crippen molar-refractivity contribution in [3.8, 4) is 5.75 Å². The number of rotatable bonds is 5. The Hall–Kier alpha value is -2.08. The summed E-state index contributed by atoms with van der Waals surface area (Å²) in [6.07, 6.45) is 3.50. The van der Waals surface area contributed by atoms with Crippen LogP contribution >= 0.6 is 11.6 Å². The molecule has 1 aromatic carbocycles. The van der Waals surface area contributed by atoms with Crippen molar-refractivity contribution in [1.82, 2.24) is 19.7 Å². The molecule has 0 aliphatic carbocycles. The third kappa shape index (κ3) is 3.64. The molecule has 1 aliphatic heterocycles. The smallest absolute Gasteiger partial charge is 0.260 e. The van der Waals surface area contributed by atoms with Gasteiger partial charge in [-0.3, -0.25) is 4.79 Å². The maximum atomic E-state index is 12.3. The van der Waals surface area contributed by atoms with Crippen LogP contribution in [0.25, 0.3) is 0 Å². The molecule has 1 atom stereocenters. The Balaban J connectivity index is 1.55. The number of ether oxygens (including phenoxy) is 1. The molecule has 0 radical (unpaired) electrons. The Kier molecular flexibility index (Phi) is 4.81. The molecule has 1 aromatic heterocycles. The predicted molar refractivity (Wildman–Crippen MR) is 86.6 cm³/mol. The molecule has 0 bridgehead atoms. The van der Waals surface area contributed by atoms with E-state index in [-0.39, 0.29) is 18.6 Å². The van der Waals surface area contributed by atoms with Crippen molar-refractivity contribution >= 4 is 17.5 Å². The summed E-state index contributed by atoms with van der Waals surface area (Å²) in [6.45, 7) is 3.47. The summed E-state index contributed by atoms with van der Waals surface area (Å²) in [5.41, 5.74) is 0. The molecular formula is C16H19ClN4O2. The average molecular weight is 335 g/mol. The van der Waals surface area contributed by atoms with Crippen LogP contribution in [-0.4, -0.2) is 45.3 Å². The first-order chi connectivity index (χ1) is 11.2. The normalized spacial score (nSPS) is 17.5. The minimum absolute atomic E-state index is 0.0152. The zero-order valence-electron chi connectivity index (χ0n) is 13.0. The number of benzene rings is 1. The van der Waals surface area contributed by atoms with E-state index in [1.807, 2.05) is 4.90 Å².